The van der Waals surface area contributed by atoms with Gasteiger partial charge in [-0.15, -0.1) is 11.3 Å². The first-order valence-corrected chi connectivity index (χ1v) is 7.19. The van der Waals surface area contributed by atoms with Gasteiger partial charge in [0.05, 0.1) is 11.9 Å². The number of thiazole rings is 1. The molecule has 0 fully saturated rings. The highest BCUT2D eigenvalue weighted by atomic mass is 32.1. The van der Waals surface area contributed by atoms with E-state index in [0.29, 0.717) is 10.8 Å². The third-order valence-electron chi connectivity index (χ3n) is 3.02. The Morgan fingerprint density at radius 1 is 1.38 bits per heavy atom. The molecule has 3 rings (SSSR count). The second-order valence-corrected chi connectivity index (χ2v) is 5.39. The van der Waals surface area contributed by atoms with E-state index < -0.39 is 0 Å². The van der Waals surface area contributed by atoms with Crippen LogP contribution in [-0.4, -0.2) is 25.7 Å². The third-order valence-corrected chi connectivity index (χ3v) is 3.78. The van der Waals surface area contributed by atoms with Crippen molar-refractivity contribution in [3.05, 3.63) is 47.4 Å². The summed E-state index contributed by atoms with van der Waals surface area (Å²) < 4.78 is 1.56. The van der Waals surface area contributed by atoms with Crippen LogP contribution in [0, 0.1) is 6.92 Å². The van der Waals surface area contributed by atoms with Crippen LogP contribution in [0.15, 0.2) is 36.1 Å². The zero-order valence-corrected chi connectivity index (χ0v) is 12.4. The molecular weight excluding hydrogens is 286 g/mol. The van der Waals surface area contributed by atoms with Crippen molar-refractivity contribution in [2.75, 3.05) is 5.32 Å². The van der Waals surface area contributed by atoms with Crippen LogP contribution in [0.1, 0.15) is 16.1 Å². The lowest BCUT2D eigenvalue weighted by molar-refractivity contribution is 0.101. The van der Waals surface area contributed by atoms with Gasteiger partial charge in [-0.3, -0.25) is 19.8 Å². The van der Waals surface area contributed by atoms with Crippen molar-refractivity contribution in [1.29, 1.82) is 0 Å². The van der Waals surface area contributed by atoms with Crippen molar-refractivity contribution in [2.24, 2.45) is 7.05 Å². The Morgan fingerprint density at radius 3 is 2.90 bits per heavy atom. The van der Waals surface area contributed by atoms with E-state index in [9.17, 15) is 4.79 Å². The molecule has 0 radical (unpaired) electrons. The number of hydrogen-bond acceptors (Lipinski definition) is 5. The SMILES string of the molecule is Cc1cnn(C)c1C(=O)Nc1nc(-c2cccnc2)cs1. The molecule has 1 N–H and O–H groups in total. The molecule has 106 valence electrons. The van der Waals surface area contributed by atoms with Crippen molar-refractivity contribution in [3.63, 3.8) is 0 Å². The minimum absolute atomic E-state index is 0.209. The molecule has 0 aliphatic carbocycles. The average molecular weight is 299 g/mol. The van der Waals surface area contributed by atoms with Crippen LogP contribution >= 0.6 is 11.3 Å². The fraction of sp³-hybridized carbons (Fsp3) is 0.143. The van der Waals surface area contributed by atoms with Gasteiger partial charge in [0.25, 0.3) is 5.91 Å². The molecule has 0 atom stereocenters. The first kappa shape index (κ1) is 13.4. The van der Waals surface area contributed by atoms with Crippen molar-refractivity contribution < 1.29 is 4.79 Å². The summed E-state index contributed by atoms with van der Waals surface area (Å²) in [5.41, 5.74) is 3.09. The second kappa shape index (κ2) is 5.45. The largest absolute Gasteiger partial charge is 0.296 e. The quantitative estimate of drug-likeness (QED) is 0.806. The smallest absolute Gasteiger partial charge is 0.275 e. The van der Waals surface area contributed by atoms with Crippen LogP contribution in [0.25, 0.3) is 11.3 Å². The summed E-state index contributed by atoms with van der Waals surface area (Å²) in [6.07, 6.45) is 5.12. The molecule has 0 spiro atoms. The van der Waals surface area contributed by atoms with Gasteiger partial charge in [0.1, 0.15) is 5.69 Å². The number of hydrogen-bond donors (Lipinski definition) is 1. The maximum atomic E-state index is 12.2. The van der Waals surface area contributed by atoms with Crippen LogP contribution in [0.4, 0.5) is 5.13 Å². The highest BCUT2D eigenvalue weighted by molar-refractivity contribution is 7.14. The van der Waals surface area contributed by atoms with Gasteiger partial charge in [0.15, 0.2) is 5.13 Å². The van der Waals surface area contributed by atoms with Gasteiger partial charge in [-0.05, 0) is 24.6 Å². The van der Waals surface area contributed by atoms with Crippen LogP contribution in [-0.2, 0) is 7.05 Å². The number of aromatic nitrogens is 4. The van der Waals surface area contributed by atoms with Gasteiger partial charge in [0, 0.05) is 30.4 Å². The number of carbonyl (C=O) groups excluding carboxylic acids is 1. The van der Waals surface area contributed by atoms with E-state index in [4.69, 9.17) is 0 Å². The Hall–Kier alpha value is -2.54. The van der Waals surface area contributed by atoms with E-state index in [1.165, 1.54) is 11.3 Å². The summed E-state index contributed by atoms with van der Waals surface area (Å²) in [6, 6.07) is 3.78. The molecule has 3 heterocycles. The van der Waals surface area contributed by atoms with Gasteiger partial charge in [-0.1, -0.05) is 0 Å². The molecule has 21 heavy (non-hydrogen) atoms. The third kappa shape index (κ3) is 2.68. The molecule has 0 saturated carbocycles. The van der Waals surface area contributed by atoms with Gasteiger partial charge in [-0.2, -0.15) is 5.10 Å². The summed E-state index contributed by atoms with van der Waals surface area (Å²) in [6.45, 7) is 1.85. The summed E-state index contributed by atoms with van der Waals surface area (Å²) in [7, 11) is 1.74. The van der Waals surface area contributed by atoms with Gasteiger partial charge in [0.2, 0.25) is 0 Å². The van der Waals surface area contributed by atoms with Crippen molar-refractivity contribution >= 4 is 22.4 Å². The Kier molecular flexibility index (Phi) is 3.49. The van der Waals surface area contributed by atoms with Gasteiger partial charge < -0.3 is 0 Å². The predicted molar refractivity (Wildman–Crippen MR) is 81.2 cm³/mol. The Balaban J connectivity index is 1.81. The molecule has 1 amide bonds. The number of nitrogens with zero attached hydrogens (tertiary/aromatic N) is 4. The van der Waals surface area contributed by atoms with Gasteiger partial charge in [-0.25, -0.2) is 4.98 Å². The van der Waals surface area contributed by atoms with Crippen LogP contribution in [0.5, 0.6) is 0 Å². The molecular formula is C14H13N5OS. The highest BCUT2D eigenvalue weighted by Crippen LogP contribution is 2.24. The molecule has 3 aromatic heterocycles. The molecule has 0 aromatic carbocycles. The normalized spacial score (nSPS) is 10.6. The molecule has 0 aliphatic rings. The zero-order chi connectivity index (χ0) is 14.8. The molecule has 0 saturated heterocycles. The second-order valence-electron chi connectivity index (χ2n) is 4.53. The standard InChI is InChI=1S/C14H13N5OS/c1-9-6-16-19(2)12(9)13(20)18-14-17-11(8-21-14)10-4-3-5-15-7-10/h3-8H,1-2H3,(H,17,18,20). The van der Waals surface area contributed by atoms with E-state index in [1.54, 1.807) is 30.3 Å². The fourth-order valence-electron chi connectivity index (χ4n) is 2.01. The monoisotopic (exact) mass is 299 g/mol. The molecule has 7 heteroatoms. The molecule has 0 bridgehead atoms. The van der Waals surface area contributed by atoms with E-state index >= 15 is 0 Å². The van der Waals surface area contributed by atoms with E-state index in [0.717, 1.165) is 16.8 Å². The van der Waals surface area contributed by atoms with Crippen LogP contribution in [0.3, 0.4) is 0 Å². The first-order valence-electron chi connectivity index (χ1n) is 6.31. The number of carbonyl (C=O) groups is 1. The van der Waals surface area contributed by atoms with E-state index in [2.05, 4.69) is 20.4 Å². The van der Waals surface area contributed by atoms with Crippen LogP contribution in [0.2, 0.25) is 0 Å². The van der Waals surface area contributed by atoms with Crippen molar-refractivity contribution in [2.45, 2.75) is 6.92 Å². The van der Waals surface area contributed by atoms with Gasteiger partial charge >= 0.3 is 0 Å². The minimum atomic E-state index is -0.209. The highest BCUT2D eigenvalue weighted by Gasteiger charge is 2.15. The lowest BCUT2D eigenvalue weighted by atomic mass is 10.2. The Labute approximate surface area is 125 Å². The lowest BCUT2D eigenvalue weighted by Crippen LogP contribution is -2.17. The van der Waals surface area contributed by atoms with Crippen molar-refractivity contribution in [3.8, 4) is 11.3 Å². The number of aryl methyl sites for hydroxylation is 2. The summed E-state index contributed by atoms with van der Waals surface area (Å²) in [5.74, 6) is -0.209. The van der Waals surface area contributed by atoms with E-state index in [-0.39, 0.29) is 5.91 Å². The molecule has 0 aliphatic heterocycles. The zero-order valence-electron chi connectivity index (χ0n) is 11.6. The summed E-state index contributed by atoms with van der Waals surface area (Å²) in [5, 5.41) is 9.31. The molecule has 3 aromatic rings. The molecule has 6 nitrogen and oxygen atoms in total. The fourth-order valence-corrected chi connectivity index (χ4v) is 2.72. The first-order chi connectivity index (χ1) is 10.1. The molecule has 0 unspecified atom stereocenters. The number of amides is 1. The van der Waals surface area contributed by atoms with E-state index in [1.807, 2.05) is 24.4 Å². The maximum absolute atomic E-state index is 12.2. The number of anilines is 1. The number of nitrogens with one attached hydrogen (secondary N) is 1. The lowest BCUT2D eigenvalue weighted by Gasteiger charge is -2.03. The Morgan fingerprint density at radius 2 is 2.24 bits per heavy atom. The predicted octanol–water partition coefficient (Wildman–Crippen LogP) is 2.50. The summed E-state index contributed by atoms with van der Waals surface area (Å²) in [4.78, 5) is 20.7. The topological polar surface area (TPSA) is 72.7 Å². The Bertz CT molecular complexity index is 758. The maximum Gasteiger partial charge on any atom is 0.275 e. The van der Waals surface area contributed by atoms with Crippen LogP contribution < -0.4 is 5.32 Å². The minimum Gasteiger partial charge on any atom is -0.296 e. The number of rotatable bonds is 3. The summed E-state index contributed by atoms with van der Waals surface area (Å²) >= 11 is 1.38. The van der Waals surface area contributed by atoms with Crippen molar-refractivity contribution in [1.82, 2.24) is 19.7 Å². The average Bonchev–Trinajstić information content (AvgIpc) is 3.07. The number of pyridine rings is 1.